The molecule has 0 atom stereocenters. The highest BCUT2D eigenvalue weighted by Crippen LogP contribution is 2.37. The van der Waals surface area contributed by atoms with Crippen molar-refractivity contribution in [3.8, 4) is 39.1 Å². The average Bonchev–Trinajstić information content (AvgIpc) is 3.01. The molecule has 44 heavy (non-hydrogen) atoms. The highest BCUT2D eigenvalue weighted by atomic mass is 19.3. The Morgan fingerprint density at radius 2 is 1.11 bits per heavy atom. The minimum atomic E-state index is -4.07. The summed E-state index contributed by atoms with van der Waals surface area (Å²) in [6, 6.07) is 26.0. The van der Waals surface area contributed by atoms with E-state index in [1.807, 2.05) is 55.5 Å². The van der Waals surface area contributed by atoms with Crippen LogP contribution in [0.1, 0.15) is 49.8 Å². The predicted octanol–water partition coefficient (Wildman–Crippen LogP) is 11.5. The monoisotopic (exact) mass is 600 g/mol. The van der Waals surface area contributed by atoms with Gasteiger partial charge in [0.2, 0.25) is 0 Å². The molecule has 0 N–H and O–H groups in total. The molecule has 0 spiro atoms. The first-order chi connectivity index (χ1) is 21.2. The van der Waals surface area contributed by atoms with E-state index in [0.29, 0.717) is 22.3 Å². The molecule has 0 saturated heterocycles. The van der Waals surface area contributed by atoms with E-state index in [9.17, 15) is 8.78 Å². The molecule has 0 heterocycles. The molecule has 5 aromatic rings. The fourth-order valence-electron chi connectivity index (χ4n) is 5.21. The lowest BCUT2D eigenvalue weighted by Gasteiger charge is -2.20. The van der Waals surface area contributed by atoms with Crippen molar-refractivity contribution in [3.63, 3.8) is 0 Å². The van der Waals surface area contributed by atoms with Crippen LogP contribution in [0.5, 0.6) is 5.75 Å². The van der Waals surface area contributed by atoms with Crippen molar-refractivity contribution in [1.82, 2.24) is 0 Å². The third-order valence-electron chi connectivity index (χ3n) is 7.78. The number of hydrogen-bond acceptors (Lipinski definition) is 1. The smallest absolute Gasteiger partial charge is 0.429 e. The van der Waals surface area contributed by atoms with Crippen LogP contribution in [-0.2, 0) is 19.0 Å². The molecule has 0 amide bonds. The van der Waals surface area contributed by atoms with E-state index in [1.54, 1.807) is 12.1 Å². The molecule has 0 fully saturated rings. The van der Waals surface area contributed by atoms with Crippen molar-refractivity contribution in [2.45, 2.75) is 52.1 Å². The van der Waals surface area contributed by atoms with Crippen LogP contribution in [0.2, 0.25) is 0 Å². The van der Waals surface area contributed by atoms with E-state index in [-0.39, 0.29) is 11.1 Å². The van der Waals surface area contributed by atoms with Gasteiger partial charge in [-0.2, -0.15) is 8.78 Å². The van der Waals surface area contributed by atoms with Crippen LogP contribution in [0.15, 0.2) is 103 Å². The van der Waals surface area contributed by atoms with Gasteiger partial charge in [0.15, 0.2) is 0 Å². The lowest BCUT2D eigenvalue weighted by Crippen LogP contribution is -2.23. The molecule has 226 valence electrons. The number of alkyl halides is 2. The zero-order chi connectivity index (χ0) is 31.3. The van der Waals surface area contributed by atoms with Crippen molar-refractivity contribution in [2.24, 2.45) is 0 Å². The molecule has 0 bridgehead atoms. The summed E-state index contributed by atoms with van der Waals surface area (Å²) in [4.78, 5) is 0. The van der Waals surface area contributed by atoms with Crippen LogP contribution in [-0.4, -0.2) is 0 Å². The lowest BCUT2D eigenvalue weighted by atomic mass is 9.98. The number of hydrogen-bond donors (Lipinski definition) is 0. The summed E-state index contributed by atoms with van der Waals surface area (Å²) in [5, 5.41) is 0. The van der Waals surface area contributed by atoms with E-state index in [4.69, 9.17) is 4.74 Å². The summed E-state index contributed by atoms with van der Waals surface area (Å²) in [5.74, 6) is -3.06. The molecule has 0 saturated carbocycles. The van der Waals surface area contributed by atoms with Gasteiger partial charge in [-0.15, -0.1) is 0 Å². The Morgan fingerprint density at radius 3 is 1.75 bits per heavy atom. The number of rotatable bonds is 11. The van der Waals surface area contributed by atoms with E-state index in [0.717, 1.165) is 67.5 Å². The Labute approximate surface area is 255 Å². The molecule has 1 nitrogen and oxygen atoms in total. The molecule has 0 aromatic heterocycles. The molecular weight excluding hydrogens is 567 g/mol. The molecule has 6 heteroatoms. The number of benzene rings is 5. The third kappa shape index (κ3) is 7.02. The normalized spacial score (nSPS) is 11.5. The van der Waals surface area contributed by atoms with Crippen LogP contribution in [0.3, 0.4) is 0 Å². The van der Waals surface area contributed by atoms with Crippen LogP contribution in [0.25, 0.3) is 33.4 Å². The second-order valence-electron chi connectivity index (χ2n) is 10.9. The molecule has 0 unspecified atom stereocenters. The van der Waals surface area contributed by atoms with E-state index in [1.165, 1.54) is 18.2 Å². The first-order valence-corrected chi connectivity index (χ1v) is 14.8. The summed E-state index contributed by atoms with van der Waals surface area (Å²) >= 11 is 0. The van der Waals surface area contributed by atoms with Crippen LogP contribution >= 0.6 is 0 Å². The average molecular weight is 601 g/mol. The highest BCUT2D eigenvalue weighted by molar-refractivity contribution is 5.72. The van der Waals surface area contributed by atoms with Gasteiger partial charge in [0.1, 0.15) is 23.2 Å². The Balaban J connectivity index is 1.30. The number of ether oxygens (including phenoxy) is 1. The van der Waals surface area contributed by atoms with Gasteiger partial charge in [0.25, 0.3) is 0 Å². The SMILES string of the molecule is CCCCCc1ccc(-c2ccc(C(F)(F)Oc3ccc(-c4ccc(-c5ccc(CC)cc5)c(F)c4)c(F)c3)c(F)c2)cc1. The van der Waals surface area contributed by atoms with Crippen LogP contribution in [0, 0.1) is 17.5 Å². The van der Waals surface area contributed by atoms with Gasteiger partial charge in [-0.05, 0) is 83.0 Å². The molecule has 5 rings (SSSR count). The first kappa shape index (κ1) is 31.0. The standard InChI is InChI=1S/C38H33F5O/c1-3-5-6-7-26-10-12-27(13-11-26)29-17-21-34(37(41)22-29)38(42,43)44-31-18-20-33(36(40)24-31)30-16-19-32(35(39)23-30)28-14-8-25(4-2)9-15-28/h8-24H,3-7H2,1-2H3. The quantitative estimate of drug-likeness (QED) is 0.108. The largest absolute Gasteiger partial charge is 0.429 e. The summed E-state index contributed by atoms with van der Waals surface area (Å²) in [6.07, 6.45) is 1.10. The Bertz CT molecular complexity index is 1730. The van der Waals surface area contributed by atoms with E-state index >= 15 is 13.2 Å². The minimum Gasteiger partial charge on any atom is -0.429 e. The lowest BCUT2D eigenvalue weighted by molar-refractivity contribution is -0.187. The molecular formula is C38H33F5O. The number of aryl methyl sites for hydroxylation is 2. The van der Waals surface area contributed by atoms with E-state index < -0.39 is 34.9 Å². The van der Waals surface area contributed by atoms with Crippen molar-refractivity contribution in [2.75, 3.05) is 0 Å². The van der Waals surface area contributed by atoms with Crippen LogP contribution < -0.4 is 4.74 Å². The third-order valence-corrected chi connectivity index (χ3v) is 7.78. The molecule has 0 radical (unpaired) electrons. The van der Waals surface area contributed by atoms with Gasteiger partial charge < -0.3 is 4.74 Å². The fourth-order valence-corrected chi connectivity index (χ4v) is 5.21. The zero-order valence-corrected chi connectivity index (χ0v) is 24.6. The van der Waals surface area contributed by atoms with Crippen molar-refractivity contribution in [1.29, 1.82) is 0 Å². The molecule has 5 aromatic carbocycles. The number of unbranched alkanes of at least 4 members (excludes halogenated alkanes) is 2. The molecule has 0 aliphatic heterocycles. The maximum absolute atomic E-state index is 15.1. The summed E-state index contributed by atoms with van der Waals surface area (Å²) < 4.78 is 79.9. The topological polar surface area (TPSA) is 9.23 Å². The van der Waals surface area contributed by atoms with Crippen molar-refractivity contribution in [3.05, 3.63) is 137 Å². The van der Waals surface area contributed by atoms with Gasteiger partial charge in [-0.25, -0.2) is 13.2 Å². The molecule has 0 aliphatic rings. The van der Waals surface area contributed by atoms with Crippen LogP contribution in [0.4, 0.5) is 22.0 Å². The summed E-state index contributed by atoms with van der Waals surface area (Å²) in [6.45, 7) is 4.17. The summed E-state index contributed by atoms with van der Waals surface area (Å²) in [7, 11) is 0. The van der Waals surface area contributed by atoms with Gasteiger partial charge >= 0.3 is 6.11 Å². The molecule has 0 aliphatic carbocycles. The van der Waals surface area contributed by atoms with E-state index in [2.05, 4.69) is 6.92 Å². The zero-order valence-electron chi connectivity index (χ0n) is 24.6. The number of halogens is 5. The summed E-state index contributed by atoms with van der Waals surface area (Å²) in [5.41, 5.74) is 3.78. The van der Waals surface area contributed by atoms with Gasteiger partial charge in [0.05, 0.1) is 5.56 Å². The van der Waals surface area contributed by atoms with Gasteiger partial charge in [-0.3, -0.25) is 0 Å². The maximum Gasteiger partial charge on any atom is 0.429 e. The second-order valence-corrected chi connectivity index (χ2v) is 10.9. The highest BCUT2D eigenvalue weighted by Gasteiger charge is 2.38. The fraction of sp³-hybridized carbons (Fsp3) is 0.211. The van der Waals surface area contributed by atoms with Crippen molar-refractivity contribution < 1.29 is 26.7 Å². The van der Waals surface area contributed by atoms with Gasteiger partial charge in [0, 0.05) is 17.2 Å². The first-order valence-electron chi connectivity index (χ1n) is 14.8. The van der Waals surface area contributed by atoms with Gasteiger partial charge in [-0.1, -0.05) is 93.4 Å². The maximum atomic E-state index is 15.1. The minimum absolute atomic E-state index is 0.0133. The Morgan fingerprint density at radius 1 is 0.545 bits per heavy atom. The Hall–Kier alpha value is -4.45. The predicted molar refractivity (Wildman–Crippen MR) is 166 cm³/mol. The van der Waals surface area contributed by atoms with Crippen molar-refractivity contribution >= 4 is 0 Å². The second kappa shape index (κ2) is 13.5. The Kier molecular flexibility index (Phi) is 9.48.